The van der Waals surface area contributed by atoms with Crippen molar-refractivity contribution < 1.29 is 9.90 Å². The number of carbonyl (C=O) groups excluding carboxylic acids is 1. The van der Waals surface area contributed by atoms with Gasteiger partial charge in [-0.2, -0.15) is 0 Å². The van der Waals surface area contributed by atoms with Crippen LogP contribution in [0, 0.1) is 0 Å². The zero-order valence-electron chi connectivity index (χ0n) is 9.20. The molecule has 0 spiro atoms. The molecule has 2 unspecified atom stereocenters. The smallest absolute Gasteiger partial charge is 0.222 e. The van der Waals surface area contributed by atoms with Crippen LogP contribution in [0.3, 0.4) is 0 Å². The van der Waals surface area contributed by atoms with Crippen LogP contribution in [0.1, 0.15) is 45.4 Å². The second-order valence-electron chi connectivity index (χ2n) is 4.17. The first-order valence-electron chi connectivity index (χ1n) is 5.60. The predicted octanol–water partition coefficient (Wildman–Crippen LogP) is 1.55. The Balaban J connectivity index is 2.48. The van der Waals surface area contributed by atoms with E-state index in [-0.39, 0.29) is 18.1 Å². The van der Waals surface area contributed by atoms with Crippen molar-refractivity contribution in [1.29, 1.82) is 0 Å². The fraction of sp³-hybridized carbons (Fsp3) is 0.909. The number of aliphatic hydroxyl groups excluding tert-OH is 1. The summed E-state index contributed by atoms with van der Waals surface area (Å²) in [4.78, 5) is 13.3. The molecule has 82 valence electrons. The maximum atomic E-state index is 11.6. The standard InChI is InChI=1S/C11H21NO2/c1-3-6-11(14)12(2)9-7-4-5-8-10(9)13/h9-10,13H,3-8H2,1-2H3. The Kier molecular flexibility index (Phi) is 4.39. The monoisotopic (exact) mass is 199 g/mol. The van der Waals surface area contributed by atoms with Crippen LogP contribution in [0.25, 0.3) is 0 Å². The Morgan fingerprint density at radius 1 is 1.43 bits per heavy atom. The minimum Gasteiger partial charge on any atom is -0.391 e. The molecule has 0 bridgehead atoms. The molecule has 1 aliphatic carbocycles. The molecule has 0 heterocycles. The first-order valence-corrected chi connectivity index (χ1v) is 5.60. The number of rotatable bonds is 3. The van der Waals surface area contributed by atoms with E-state index in [1.807, 2.05) is 14.0 Å². The van der Waals surface area contributed by atoms with Crippen molar-refractivity contribution in [3.63, 3.8) is 0 Å². The number of likely N-dealkylation sites (N-methyl/N-ethyl adjacent to an activating group) is 1. The van der Waals surface area contributed by atoms with Gasteiger partial charge in [0.15, 0.2) is 0 Å². The summed E-state index contributed by atoms with van der Waals surface area (Å²) in [6.07, 6.45) is 5.18. The number of hydrogen-bond donors (Lipinski definition) is 1. The molecule has 1 rings (SSSR count). The Labute approximate surface area is 86.1 Å². The third-order valence-electron chi connectivity index (χ3n) is 3.05. The molecular weight excluding hydrogens is 178 g/mol. The van der Waals surface area contributed by atoms with Gasteiger partial charge in [0, 0.05) is 13.5 Å². The summed E-state index contributed by atoms with van der Waals surface area (Å²) in [5.74, 6) is 0.165. The lowest BCUT2D eigenvalue weighted by atomic mass is 9.91. The fourth-order valence-corrected chi connectivity index (χ4v) is 2.12. The molecule has 1 aliphatic rings. The molecule has 1 N–H and O–H groups in total. The minimum absolute atomic E-state index is 0.0581. The topological polar surface area (TPSA) is 40.5 Å². The van der Waals surface area contributed by atoms with E-state index in [9.17, 15) is 9.90 Å². The van der Waals surface area contributed by atoms with Crippen LogP contribution in [-0.2, 0) is 4.79 Å². The molecule has 0 aliphatic heterocycles. The highest BCUT2D eigenvalue weighted by Gasteiger charge is 2.28. The van der Waals surface area contributed by atoms with E-state index in [0.29, 0.717) is 6.42 Å². The summed E-state index contributed by atoms with van der Waals surface area (Å²) >= 11 is 0. The summed E-state index contributed by atoms with van der Waals surface area (Å²) in [6, 6.07) is 0.0581. The highest BCUT2D eigenvalue weighted by Crippen LogP contribution is 2.22. The third-order valence-corrected chi connectivity index (χ3v) is 3.05. The van der Waals surface area contributed by atoms with Gasteiger partial charge in [0.05, 0.1) is 12.1 Å². The quantitative estimate of drug-likeness (QED) is 0.749. The number of aliphatic hydroxyl groups is 1. The summed E-state index contributed by atoms with van der Waals surface area (Å²) in [5.41, 5.74) is 0. The SMILES string of the molecule is CCCC(=O)N(C)C1CCCCC1O. The molecule has 1 fully saturated rings. The maximum Gasteiger partial charge on any atom is 0.222 e. The molecule has 14 heavy (non-hydrogen) atoms. The molecule has 1 amide bonds. The zero-order chi connectivity index (χ0) is 10.6. The largest absolute Gasteiger partial charge is 0.391 e. The van der Waals surface area contributed by atoms with Crippen molar-refractivity contribution in [1.82, 2.24) is 4.90 Å². The van der Waals surface area contributed by atoms with E-state index >= 15 is 0 Å². The first-order chi connectivity index (χ1) is 6.66. The van der Waals surface area contributed by atoms with E-state index in [2.05, 4.69) is 0 Å². The Morgan fingerprint density at radius 2 is 2.07 bits per heavy atom. The van der Waals surface area contributed by atoms with Crippen molar-refractivity contribution in [3.8, 4) is 0 Å². The summed E-state index contributed by atoms with van der Waals surface area (Å²) in [5, 5.41) is 9.76. The van der Waals surface area contributed by atoms with Crippen molar-refractivity contribution in [2.75, 3.05) is 7.05 Å². The van der Waals surface area contributed by atoms with Gasteiger partial charge in [-0.25, -0.2) is 0 Å². The predicted molar refractivity (Wildman–Crippen MR) is 55.9 cm³/mol. The van der Waals surface area contributed by atoms with Crippen LogP contribution in [0.2, 0.25) is 0 Å². The van der Waals surface area contributed by atoms with Gasteiger partial charge in [0.1, 0.15) is 0 Å². The maximum absolute atomic E-state index is 11.6. The Morgan fingerprint density at radius 3 is 2.64 bits per heavy atom. The average molecular weight is 199 g/mol. The number of carbonyl (C=O) groups is 1. The summed E-state index contributed by atoms with van der Waals surface area (Å²) in [6.45, 7) is 2.00. The van der Waals surface area contributed by atoms with E-state index in [1.165, 1.54) is 0 Å². The van der Waals surface area contributed by atoms with E-state index in [1.54, 1.807) is 4.90 Å². The Bertz CT molecular complexity index is 194. The van der Waals surface area contributed by atoms with Gasteiger partial charge in [-0.1, -0.05) is 19.8 Å². The van der Waals surface area contributed by atoms with Crippen molar-refractivity contribution in [2.45, 2.75) is 57.6 Å². The van der Waals surface area contributed by atoms with Crippen molar-refractivity contribution >= 4 is 5.91 Å². The molecule has 1 saturated carbocycles. The van der Waals surface area contributed by atoms with Crippen LogP contribution in [0.15, 0.2) is 0 Å². The minimum atomic E-state index is -0.311. The van der Waals surface area contributed by atoms with Crippen LogP contribution >= 0.6 is 0 Å². The zero-order valence-corrected chi connectivity index (χ0v) is 9.20. The highest BCUT2D eigenvalue weighted by molar-refractivity contribution is 5.76. The molecule has 0 aromatic heterocycles. The highest BCUT2D eigenvalue weighted by atomic mass is 16.3. The molecule has 0 radical (unpaired) electrons. The number of hydrogen-bond acceptors (Lipinski definition) is 2. The van der Waals surface area contributed by atoms with Gasteiger partial charge in [0.2, 0.25) is 5.91 Å². The average Bonchev–Trinajstić information content (AvgIpc) is 2.18. The fourth-order valence-electron chi connectivity index (χ4n) is 2.12. The Hall–Kier alpha value is -0.570. The van der Waals surface area contributed by atoms with E-state index in [0.717, 1.165) is 32.1 Å². The first kappa shape index (κ1) is 11.5. The summed E-state index contributed by atoms with van der Waals surface area (Å²) < 4.78 is 0. The lowest BCUT2D eigenvalue weighted by molar-refractivity contribution is -0.135. The number of nitrogens with zero attached hydrogens (tertiary/aromatic N) is 1. The normalized spacial score (nSPS) is 27.4. The van der Waals surface area contributed by atoms with Crippen LogP contribution < -0.4 is 0 Å². The van der Waals surface area contributed by atoms with Gasteiger partial charge in [-0.15, -0.1) is 0 Å². The number of amides is 1. The molecule has 2 atom stereocenters. The van der Waals surface area contributed by atoms with E-state index in [4.69, 9.17) is 0 Å². The molecule has 0 aromatic rings. The van der Waals surface area contributed by atoms with Gasteiger partial charge in [0.25, 0.3) is 0 Å². The molecular formula is C11H21NO2. The third kappa shape index (κ3) is 2.71. The second kappa shape index (κ2) is 5.35. The van der Waals surface area contributed by atoms with Crippen molar-refractivity contribution in [3.05, 3.63) is 0 Å². The lowest BCUT2D eigenvalue weighted by Crippen LogP contribution is -2.46. The van der Waals surface area contributed by atoms with Crippen LogP contribution in [-0.4, -0.2) is 35.1 Å². The van der Waals surface area contributed by atoms with Gasteiger partial charge >= 0.3 is 0 Å². The van der Waals surface area contributed by atoms with E-state index < -0.39 is 0 Å². The van der Waals surface area contributed by atoms with Crippen LogP contribution in [0.5, 0.6) is 0 Å². The van der Waals surface area contributed by atoms with Crippen molar-refractivity contribution in [2.24, 2.45) is 0 Å². The lowest BCUT2D eigenvalue weighted by Gasteiger charge is -2.35. The second-order valence-corrected chi connectivity index (χ2v) is 4.17. The van der Waals surface area contributed by atoms with Gasteiger partial charge < -0.3 is 10.0 Å². The molecule has 3 heteroatoms. The van der Waals surface area contributed by atoms with Gasteiger partial charge in [-0.3, -0.25) is 4.79 Å². The molecule has 0 aromatic carbocycles. The molecule has 0 saturated heterocycles. The van der Waals surface area contributed by atoms with Gasteiger partial charge in [-0.05, 0) is 19.3 Å². The molecule has 3 nitrogen and oxygen atoms in total. The summed E-state index contributed by atoms with van der Waals surface area (Å²) in [7, 11) is 1.82. The van der Waals surface area contributed by atoms with Crippen LogP contribution in [0.4, 0.5) is 0 Å².